The summed E-state index contributed by atoms with van der Waals surface area (Å²) in [6.07, 6.45) is 4.88. The second kappa shape index (κ2) is 20.5. The number of amides is 1. The highest BCUT2D eigenvalue weighted by atomic mass is 16.7. The van der Waals surface area contributed by atoms with E-state index in [9.17, 15) is 39.9 Å². The van der Waals surface area contributed by atoms with Crippen LogP contribution in [0.25, 0.3) is 10.8 Å². The quantitative estimate of drug-likeness (QED) is 0.0658. The van der Waals surface area contributed by atoms with Crippen LogP contribution in [-0.4, -0.2) is 122 Å². The predicted molar refractivity (Wildman–Crippen MR) is 254 cm³/mol. The highest BCUT2D eigenvalue weighted by molar-refractivity contribution is 6.23. The van der Waals surface area contributed by atoms with E-state index in [4.69, 9.17) is 24.0 Å². The number of methoxy groups -OCH3 is 1. The normalized spacial score (nSPS) is 31.8. The molecule has 362 valence electrons. The number of hydrogen-bond acceptors (Lipinski definition) is 15. The van der Waals surface area contributed by atoms with Gasteiger partial charge in [-0.2, -0.15) is 5.10 Å². The molecule has 0 saturated carbocycles. The van der Waals surface area contributed by atoms with Crippen LogP contribution in [0.3, 0.4) is 0 Å². The Morgan fingerprint density at radius 3 is 2.19 bits per heavy atom. The van der Waals surface area contributed by atoms with Crippen molar-refractivity contribution in [2.75, 3.05) is 25.5 Å². The number of nitrogens with zero attached hydrogens (tertiary/aromatic N) is 3. The van der Waals surface area contributed by atoms with E-state index in [1.165, 1.54) is 65.0 Å². The van der Waals surface area contributed by atoms with Crippen LogP contribution in [0.15, 0.2) is 71.6 Å². The van der Waals surface area contributed by atoms with Crippen molar-refractivity contribution in [2.24, 2.45) is 28.8 Å². The van der Waals surface area contributed by atoms with Gasteiger partial charge in [0.05, 0.1) is 65.1 Å². The fourth-order valence-corrected chi connectivity index (χ4v) is 9.62. The van der Waals surface area contributed by atoms with Gasteiger partial charge >= 0.3 is 11.8 Å². The number of hydrogen-bond donors (Lipinski definition) is 6. The molecule has 1 saturated heterocycles. The van der Waals surface area contributed by atoms with E-state index < -0.39 is 88.8 Å². The Hall–Kier alpha value is -5.94. The van der Waals surface area contributed by atoms with Gasteiger partial charge in [-0.15, -0.1) is 0 Å². The number of nitrogens with one attached hydrogen (secondary N) is 1. The second-order valence-corrected chi connectivity index (χ2v) is 18.6. The van der Waals surface area contributed by atoms with Gasteiger partial charge in [0.2, 0.25) is 0 Å². The fraction of sp³-hybridized carbons (Fsp3) is 0.490. The molecule has 3 aromatic rings. The van der Waals surface area contributed by atoms with E-state index in [-0.39, 0.29) is 56.6 Å². The SMILES string of the molecule is CO[C@H]1/C=C/O[C@@]2(C)Oc3c(C)c(O)c4c(O)c(c(C=NN5C(C)CN(Cc6ccccc6)CC5C)c(O)c4c3C2=O)NC(=O)/C(C)=C\C=C\[C@H](C)[C@H](O)[C@@H](C)[C@@H](O)[C@@H](C)[C@H](OC(C)=O)[C@@H]1C. The molecule has 4 heterocycles. The van der Waals surface area contributed by atoms with E-state index >= 15 is 0 Å². The van der Waals surface area contributed by atoms with Gasteiger partial charge in [-0.1, -0.05) is 76.3 Å². The molecule has 6 N–H and O–H groups in total. The zero-order chi connectivity index (χ0) is 49.2. The number of allylic oxidation sites excluding steroid dienone is 2. The van der Waals surface area contributed by atoms with Crippen molar-refractivity contribution in [1.82, 2.24) is 9.91 Å². The number of piperazine rings is 1. The van der Waals surface area contributed by atoms with Crippen LogP contribution in [-0.2, 0) is 30.3 Å². The maximum Gasteiger partial charge on any atom is 0.312 e. The fourth-order valence-electron chi connectivity index (χ4n) is 9.62. The van der Waals surface area contributed by atoms with Gasteiger partial charge in [0.1, 0.15) is 23.4 Å². The number of anilines is 1. The Kier molecular flexibility index (Phi) is 15.5. The summed E-state index contributed by atoms with van der Waals surface area (Å²) in [5.74, 6) is -8.46. The molecular formula is C51H66N4O12. The number of ether oxygens (including phenoxy) is 4. The molecule has 3 aromatic carbocycles. The molecule has 0 spiro atoms. The summed E-state index contributed by atoms with van der Waals surface area (Å²) in [5, 5.41) is 68.1. The molecular weight excluding hydrogens is 861 g/mol. The maximum absolute atomic E-state index is 14.6. The summed E-state index contributed by atoms with van der Waals surface area (Å²) < 4.78 is 23.8. The summed E-state index contributed by atoms with van der Waals surface area (Å²) in [5.41, 5.74) is 0.785. The predicted octanol–water partition coefficient (Wildman–Crippen LogP) is 6.68. The third-order valence-electron chi connectivity index (χ3n) is 13.6. The molecule has 4 aliphatic rings. The molecule has 16 heteroatoms. The van der Waals surface area contributed by atoms with Crippen LogP contribution in [0.1, 0.15) is 89.4 Å². The Bertz CT molecular complexity index is 2460. The van der Waals surface area contributed by atoms with Crippen molar-refractivity contribution >= 4 is 40.3 Å². The summed E-state index contributed by atoms with van der Waals surface area (Å²) in [6, 6.07) is 9.93. The number of aromatic hydroxyl groups is 3. The highest BCUT2D eigenvalue weighted by Crippen LogP contribution is 2.55. The molecule has 2 unspecified atom stereocenters. The van der Waals surface area contributed by atoms with Gasteiger partial charge in [0.25, 0.3) is 11.7 Å². The van der Waals surface area contributed by atoms with Crippen molar-refractivity contribution in [2.45, 2.75) is 118 Å². The molecule has 1 amide bonds. The first-order valence-electron chi connectivity index (χ1n) is 22.8. The summed E-state index contributed by atoms with van der Waals surface area (Å²) in [6.45, 7) is 18.7. The molecule has 0 aromatic heterocycles. The van der Waals surface area contributed by atoms with Gasteiger partial charge in [-0.3, -0.25) is 24.3 Å². The average Bonchev–Trinajstić information content (AvgIpc) is 3.55. The molecule has 11 atom stereocenters. The van der Waals surface area contributed by atoms with Gasteiger partial charge in [0.15, 0.2) is 5.75 Å². The largest absolute Gasteiger partial charge is 0.507 e. The minimum absolute atomic E-state index is 0.0500. The van der Waals surface area contributed by atoms with Crippen LogP contribution < -0.4 is 10.1 Å². The number of esters is 1. The summed E-state index contributed by atoms with van der Waals surface area (Å²) >= 11 is 0. The first-order valence-corrected chi connectivity index (χ1v) is 22.8. The number of carbonyl (C=O) groups excluding carboxylic acids is 3. The van der Waals surface area contributed by atoms with Crippen LogP contribution in [0, 0.1) is 30.6 Å². The van der Waals surface area contributed by atoms with E-state index in [0.29, 0.717) is 13.1 Å². The zero-order valence-electron chi connectivity index (χ0n) is 40.2. The van der Waals surface area contributed by atoms with E-state index in [1.54, 1.807) is 39.8 Å². The number of hydrazone groups is 1. The number of ketones is 1. The summed E-state index contributed by atoms with van der Waals surface area (Å²) in [7, 11) is 1.44. The lowest BCUT2D eigenvalue weighted by molar-refractivity contribution is -0.160. The van der Waals surface area contributed by atoms with Crippen molar-refractivity contribution in [1.29, 1.82) is 0 Å². The molecule has 16 nitrogen and oxygen atoms in total. The first-order chi connectivity index (χ1) is 31.6. The number of rotatable bonds is 6. The number of aliphatic hydroxyl groups excluding tert-OH is 2. The van der Waals surface area contributed by atoms with Crippen LogP contribution in [0.2, 0.25) is 0 Å². The average molecular weight is 927 g/mol. The lowest BCUT2D eigenvalue weighted by Crippen LogP contribution is -2.54. The number of carbonyl (C=O) groups is 3. The third-order valence-corrected chi connectivity index (χ3v) is 13.6. The number of phenolic OH excluding ortho intramolecular Hbond substituents is 3. The van der Waals surface area contributed by atoms with Gasteiger partial charge in [0, 0.05) is 80.8 Å². The third kappa shape index (κ3) is 10.2. The molecule has 5 bridgehead atoms. The topological polar surface area (TPSA) is 220 Å². The smallest absolute Gasteiger partial charge is 0.312 e. The van der Waals surface area contributed by atoms with Crippen LogP contribution in [0.5, 0.6) is 23.0 Å². The Morgan fingerprint density at radius 2 is 1.57 bits per heavy atom. The van der Waals surface area contributed by atoms with E-state index in [0.717, 1.165) is 6.54 Å². The Labute approximate surface area is 392 Å². The van der Waals surface area contributed by atoms with Gasteiger partial charge < -0.3 is 49.8 Å². The number of phenols is 3. The molecule has 0 aliphatic carbocycles. The minimum atomic E-state index is -2.07. The first kappa shape index (κ1) is 50.5. The van der Waals surface area contributed by atoms with Gasteiger partial charge in [-0.05, 0) is 39.3 Å². The van der Waals surface area contributed by atoms with Gasteiger partial charge in [-0.25, -0.2) is 0 Å². The van der Waals surface area contributed by atoms with Crippen LogP contribution in [0.4, 0.5) is 5.69 Å². The van der Waals surface area contributed by atoms with Crippen molar-refractivity contribution < 1.29 is 58.9 Å². The lowest BCUT2D eigenvalue weighted by Gasteiger charge is -2.42. The highest BCUT2D eigenvalue weighted by Gasteiger charge is 2.50. The molecule has 67 heavy (non-hydrogen) atoms. The van der Waals surface area contributed by atoms with E-state index in [2.05, 4.69) is 22.3 Å². The number of benzene rings is 3. The number of fused-ring (bicyclic) bond motifs is 14. The Balaban J connectivity index is 1.49. The zero-order valence-corrected chi connectivity index (χ0v) is 40.2. The number of aliphatic hydroxyl groups is 2. The molecule has 4 aliphatic heterocycles. The molecule has 0 radical (unpaired) electrons. The van der Waals surface area contributed by atoms with E-state index in [1.807, 2.05) is 37.1 Å². The monoisotopic (exact) mass is 926 g/mol. The molecule has 1 fully saturated rings. The van der Waals surface area contributed by atoms with Crippen LogP contribution >= 0.6 is 0 Å². The Morgan fingerprint density at radius 1 is 0.910 bits per heavy atom. The molecule has 7 rings (SSSR count). The minimum Gasteiger partial charge on any atom is -0.507 e. The lowest BCUT2D eigenvalue weighted by atomic mass is 9.78. The maximum atomic E-state index is 14.6. The van der Waals surface area contributed by atoms with Crippen molar-refractivity contribution in [3.05, 3.63) is 88.7 Å². The summed E-state index contributed by atoms with van der Waals surface area (Å²) in [4.78, 5) is 43.4. The standard InChI is InChI=1S/C51H66N4O12/c1-26-16-15-17-27(2)50(63)53-41-36(22-52-55-28(3)23-54(24-29(55)4)25-35-18-13-12-14-19-35)45(60)38-39(46(41)61)44(59)33(8)48-40(38)49(62)51(10,67-48)65-21-20-37(64-11)30(5)47(66-34(9)56)32(7)43(58)31(6)42(26)57/h12-22,26,28-32,37,42-43,47,57-61H,23-25H2,1-11H3,(H,53,63)/b16-15+,21-20+,27-17-,52-22?/t26-,28?,29?,30+,31+,32+,37-,42-,43+,47+,51-/m0/s1. The second-order valence-electron chi connectivity index (χ2n) is 18.6. The van der Waals surface area contributed by atoms with Crippen molar-refractivity contribution in [3.8, 4) is 23.0 Å². The number of Topliss-reactive ketones (excluding diaryl/α,β-unsaturated/α-hetero) is 1. The van der Waals surface area contributed by atoms with Crippen molar-refractivity contribution in [3.63, 3.8) is 0 Å².